The fourth-order valence-corrected chi connectivity index (χ4v) is 2.19. The van der Waals surface area contributed by atoms with Gasteiger partial charge in [0.15, 0.2) is 9.84 Å². The van der Waals surface area contributed by atoms with Crippen LogP contribution in [0.3, 0.4) is 0 Å². The van der Waals surface area contributed by atoms with Crippen LogP contribution >= 0.6 is 0 Å². The Morgan fingerprint density at radius 3 is 2.32 bits per heavy atom. The molecule has 1 aromatic rings. The van der Waals surface area contributed by atoms with Crippen LogP contribution in [0, 0.1) is 0 Å². The maximum atomic E-state index is 11.3. The van der Waals surface area contributed by atoms with E-state index in [0.717, 1.165) is 6.26 Å². The second kappa shape index (κ2) is 7.00. The molecule has 19 heavy (non-hydrogen) atoms. The molecule has 0 aliphatic heterocycles. The minimum absolute atomic E-state index is 0.0832. The third-order valence-corrected chi connectivity index (χ3v) is 3.99. The van der Waals surface area contributed by atoms with Gasteiger partial charge in [0.2, 0.25) is 0 Å². The van der Waals surface area contributed by atoms with Crippen molar-refractivity contribution in [1.82, 2.24) is 5.32 Å². The maximum Gasteiger partial charge on any atom is 0.175 e. The molecule has 0 aliphatic carbocycles. The summed E-state index contributed by atoms with van der Waals surface area (Å²) in [5.41, 5.74) is 0.685. The highest BCUT2D eigenvalue weighted by atomic mass is 32.2. The summed E-state index contributed by atoms with van der Waals surface area (Å²) in [5, 5.41) is 13.0. The van der Waals surface area contributed by atoms with E-state index in [-0.39, 0.29) is 11.0 Å². The van der Waals surface area contributed by atoms with Crippen LogP contribution in [0.4, 0.5) is 0 Å². The summed E-state index contributed by atoms with van der Waals surface area (Å²) in [6.07, 6.45) is 0.573. The molecule has 0 amide bonds. The second-order valence-electron chi connectivity index (χ2n) is 4.56. The van der Waals surface area contributed by atoms with Crippen molar-refractivity contribution in [2.24, 2.45) is 0 Å². The molecule has 0 saturated carbocycles. The van der Waals surface area contributed by atoms with E-state index in [9.17, 15) is 13.5 Å². The molecule has 0 spiro atoms. The summed E-state index contributed by atoms with van der Waals surface area (Å²) >= 11 is 0. The molecule has 0 aliphatic rings. The van der Waals surface area contributed by atoms with Gasteiger partial charge in [-0.25, -0.2) is 8.42 Å². The molecule has 1 aromatic carbocycles. The van der Waals surface area contributed by atoms with Crippen molar-refractivity contribution in [1.29, 1.82) is 0 Å². The molecule has 2 unspecified atom stereocenters. The third-order valence-electron chi connectivity index (χ3n) is 2.86. The Balaban J connectivity index is 2.56. The number of hydrogen-bond acceptors (Lipinski definition) is 5. The summed E-state index contributed by atoms with van der Waals surface area (Å²) in [4.78, 5) is 0.254. The highest BCUT2D eigenvalue weighted by Gasteiger charge is 2.11. The van der Waals surface area contributed by atoms with Gasteiger partial charge in [-0.15, -0.1) is 0 Å². The second-order valence-corrected chi connectivity index (χ2v) is 6.58. The Labute approximate surface area is 114 Å². The van der Waals surface area contributed by atoms with E-state index in [1.807, 2.05) is 6.92 Å². The zero-order valence-corrected chi connectivity index (χ0v) is 12.3. The number of hydrogen-bond donors (Lipinski definition) is 2. The van der Waals surface area contributed by atoms with Crippen LogP contribution in [-0.2, 0) is 14.6 Å². The lowest BCUT2D eigenvalue weighted by Gasteiger charge is -2.15. The zero-order chi connectivity index (χ0) is 14.5. The average Bonchev–Trinajstić information content (AvgIpc) is 2.37. The number of rotatable bonds is 7. The molecular weight excluding hydrogens is 266 g/mol. The molecule has 0 aromatic heterocycles. The van der Waals surface area contributed by atoms with E-state index in [2.05, 4.69) is 5.32 Å². The predicted molar refractivity (Wildman–Crippen MR) is 73.9 cm³/mol. The molecule has 0 heterocycles. The highest BCUT2D eigenvalue weighted by molar-refractivity contribution is 7.90. The van der Waals surface area contributed by atoms with E-state index >= 15 is 0 Å². The van der Waals surface area contributed by atoms with Gasteiger partial charge in [0.05, 0.1) is 17.1 Å². The minimum atomic E-state index is -3.19. The van der Waals surface area contributed by atoms with Gasteiger partial charge in [-0.1, -0.05) is 12.1 Å². The molecule has 1 rings (SSSR count). The molecule has 2 N–H and O–H groups in total. The van der Waals surface area contributed by atoms with Crippen LogP contribution in [0.5, 0.6) is 0 Å². The monoisotopic (exact) mass is 287 g/mol. The molecule has 5 nitrogen and oxygen atoms in total. The van der Waals surface area contributed by atoms with Crippen LogP contribution in [0.25, 0.3) is 0 Å². The van der Waals surface area contributed by atoms with E-state index in [1.54, 1.807) is 19.2 Å². The first-order chi connectivity index (χ1) is 8.84. The Bertz CT molecular complexity index is 484. The number of aliphatic hydroxyl groups excluding tert-OH is 1. The largest absolute Gasteiger partial charge is 0.387 e. The van der Waals surface area contributed by atoms with Crippen molar-refractivity contribution in [2.75, 3.05) is 26.5 Å². The van der Waals surface area contributed by atoms with Crippen molar-refractivity contribution in [2.45, 2.75) is 24.0 Å². The first-order valence-corrected chi connectivity index (χ1v) is 7.95. The van der Waals surface area contributed by atoms with Crippen LogP contribution in [-0.4, -0.2) is 46.1 Å². The number of benzene rings is 1. The average molecular weight is 287 g/mol. The van der Waals surface area contributed by atoms with Gasteiger partial charge in [0.25, 0.3) is 0 Å². The Kier molecular flexibility index (Phi) is 5.93. The maximum absolute atomic E-state index is 11.3. The summed E-state index contributed by atoms with van der Waals surface area (Å²) in [5.74, 6) is 0. The Morgan fingerprint density at radius 2 is 1.84 bits per heavy atom. The van der Waals surface area contributed by atoms with E-state index in [4.69, 9.17) is 4.74 Å². The topological polar surface area (TPSA) is 75.6 Å². The number of nitrogens with one attached hydrogen (secondary N) is 1. The smallest absolute Gasteiger partial charge is 0.175 e. The molecule has 0 bridgehead atoms. The predicted octanol–water partition coefficient (Wildman–Crippen LogP) is 0.748. The number of ether oxygens (including phenoxy) is 1. The standard InChI is InChI=1S/C13H21NO4S/c1-10(18-2)8-14-9-13(15)11-4-6-12(7-5-11)19(3,16)17/h4-7,10,13-15H,8-9H2,1-3H3. The van der Waals surface area contributed by atoms with Crippen LogP contribution in [0.1, 0.15) is 18.6 Å². The fraction of sp³-hybridized carbons (Fsp3) is 0.538. The fourth-order valence-electron chi connectivity index (χ4n) is 1.56. The number of aliphatic hydroxyl groups is 1. The van der Waals surface area contributed by atoms with Gasteiger partial charge < -0.3 is 15.2 Å². The summed E-state index contributed by atoms with van der Waals surface area (Å²) in [6, 6.07) is 6.27. The lowest BCUT2D eigenvalue weighted by molar-refractivity contribution is 0.109. The molecule has 108 valence electrons. The SMILES string of the molecule is COC(C)CNCC(O)c1ccc(S(C)(=O)=O)cc1. The van der Waals surface area contributed by atoms with Gasteiger partial charge in [-0.05, 0) is 24.6 Å². The lowest BCUT2D eigenvalue weighted by atomic mass is 10.1. The van der Waals surface area contributed by atoms with Gasteiger partial charge in [-0.2, -0.15) is 0 Å². The molecule has 0 saturated heterocycles. The van der Waals surface area contributed by atoms with Gasteiger partial charge >= 0.3 is 0 Å². The molecule has 0 radical (unpaired) electrons. The van der Waals surface area contributed by atoms with Gasteiger partial charge in [-0.3, -0.25) is 0 Å². The summed E-state index contributed by atoms with van der Waals surface area (Å²) < 4.78 is 27.7. The Hall–Kier alpha value is -0.950. The zero-order valence-electron chi connectivity index (χ0n) is 11.5. The van der Waals surface area contributed by atoms with Crippen molar-refractivity contribution < 1.29 is 18.3 Å². The van der Waals surface area contributed by atoms with Crippen molar-refractivity contribution in [3.05, 3.63) is 29.8 Å². The summed E-state index contributed by atoms with van der Waals surface area (Å²) in [7, 11) is -1.56. The lowest BCUT2D eigenvalue weighted by Crippen LogP contribution is -2.29. The molecular formula is C13H21NO4S. The van der Waals surface area contributed by atoms with Crippen LogP contribution in [0.2, 0.25) is 0 Å². The van der Waals surface area contributed by atoms with Crippen molar-refractivity contribution in [3.63, 3.8) is 0 Å². The first-order valence-electron chi connectivity index (χ1n) is 6.06. The summed E-state index contributed by atoms with van der Waals surface area (Å²) in [6.45, 7) is 2.97. The number of sulfone groups is 1. The molecule has 0 fully saturated rings. The quantitative estimate of drug-likeness (QED) is 0.774. The van der Waals surface area contributed by atoms with Crippen LogP contribution in [0.15, 0.2) is 29.2 Å². The minimum Gasteiger partial charge on any atom is -0.387 e. The van der Waals surface area contributed by atoms with Crippen LogP contribution < -0.4 is 5.32 Å². The Morgan fingerprint density at radius 1 is 1.26 bits per heavy atom. The normalized spacial score (nSPS) is 15.2. The van der Waals surface area contributed by atoms with E-state index in [0.29, 0.717) is 18.7 Å². The number of methoxy groups -OCH3 is 1. The van der Waals surface area contributed by atoms with E-state index < -0.39 is 15.9 Å². The third kappa shape index (κ3) is 5.28. The van der Waals surface area contributed by atoms with Crippen molar-refractivity contribution in [3.8, 4) is 0 Å². The van der Waals surface area contributed by atoms with Gasteiger partial charge in [0.1, 0.15) is 0 Å². The van der Waals surface area contributed by atoms with Gasteiger partial charge in [0, 0.05) is 26.5 Å². The first kappa shape index (κ1) is 16.1. The van der Waals surface area contributed by atoms with E-state index in [1.165, 1.54) is 12.1 Å². The highest BCUT2D eigenvalue weighted by Crippen LogP contribution is 2.15. The molecule has 2 atom stereocenters. The van der Waals surface area contributed by atoms with Crippen molar-refractivity contribution >= 4 is 9.84 Å². The molecule has 6 heteroatoms.